The zero-order valence-corrected chi connectivity index (χ0v) is 10.1. The number of hydrogen-bond acceptors (Lipinski definition) is 5. The molecule has 1 aromatic carbocycles. The van der Waals surface area contributed by atoms with Gasteiger partial charge in [0.1, 0.15) is 11.4 Å². The Balaban J connectivity index is 2.39. The molecule has 8 nitrogen and oxygen atoms in total. The average molecular weight is 296 g/mol. The zero-order chi connectivity index (χ0) is 15.6. The van der Waals surface area contributed by atoms with Gasteiger partial charge in [0.2, 0.25) is 5.82 Å². The van der Waals surface area contributed by atoms with Gasteiger partial charge in [0.05, 0.1) is 4.92 Å². The van der Waals surface area contributed by atoms with Crippen LogP contribution >= 0.6 is 0 Å². The normalized spacial score (nSPS) is 10.2. The number of anilines is 1. The summed E-state index contributed by atoms with van der Waals surface area (Å²) in [6.07, 6.45) is 0. The number of amides is 1. The lowest BCUT2D eigenvalue weighted by Gasteiger charge is -2.06. The van der Waals surface area contributed by atoms with Crippen molar-refractivity contribution in [2.24, 2.45) is 0 Å². The Hall–Kier alpha value is -3.17. The summed E-state index contributed by atoms with van der Waals surface area (Å²) < 4.78 is 27.3. The molecule has 0 atom stereocenters. The van der Waals surface area contributed by atoms with Crippen molar-refractivity contribution in [3.8, 4) is 0 Å². The van der Waals surface area contributed by atoms with E-state index < -0.39 is 39.3 Å². The number of H-pyrrole nitrogens is 1. The van der Waals surface area contributed by atoms with Crippen LogP contribution in [0.15, 0.2) is 29.1 Å². The lowest BCUT2D eigenvalue weighted by molar-refractivity contribution is -0.387. The van der Waals surface area contributed by atoms with E-state index in [1.165, 1.54) is 0 Å². The van der Waals surface area contributed by atoms with Crippen LogP contribution < -0.4 is 10.9 Å². The van der Waals surface area contributed by atoms with Crippen molar-refractivity contribution in [3.63, 3.8) is 0 Å². The number of carbonyl (C=O) groups is 1. The predicted octanol–water partition coefficient (Wildman–Crippen LogP) is 1.21. The number of nitro groups is 1. The van der Waals surface area contributed by atoms with Crippen molar-refractivity contribution < 1.29 is 18.5 Å². The first-order chi connectivity index (χ1) is 9.90. The minimum atomic E-state index is -1.60. The molecule has 0 radical (unpaired) electrons. The summed E-state index contributed by atoms with van der Waals surface area (Å²) in [4.78, 5) is 32.0. The van der Waals surface area contributed by atoms with Crippen LogP contribution in [-0.2, 0) is 0 Å². The van der Waals surface area contributed by atoms with E-state index >= 15 is 0 Å². The third kappa shape index (κ3) is 2.88. The zero-order valence-electron chi connectivity index (χ0n) is 10.1. The van der Waals surface area contributed by atoms with Gasteiger partial charge in [-0.25, -0.2) is 9.49 Å². The first-order valence-corrected chi connectivity index (χ1v) is 5.39. The molecule has 0 saturated heterocycles. The number of benzene rings is 1. The van der Waals surface area contributed by atoms with E-state index in [1.54, 1.807) is 0 Å². The Labute approximate surface area is 114 Å². The number of nitro benzene ring substituents is 1. The highest BCUT2D eigenvalue weighted by Gasteiger charge is 2.26. The third-order valence-corrected chi connectivity index (χ3v) is 2.42. The molecule has 0 spiro atoms. The molecule has 1 amide bonds. The van der Waals surface area contributed by atoms with Crippen LogP contribution in [0.1, 0.15) is 10.4 Å². The molecule has 108 valence electrons. The lowest BCUT2D eigenvalue weighted by atomic mass is 10.1. The molecule has 1 heterocycles. The molecule has 1 aromatic heterocycles. The Kier molecular flexibility index (Phi) is 3.69. The maximum absolute atomic E-state index is 13.8. The first-order valence-electron chi connectivity index (χ1n) is 5.39. The number of nitrogens with one attached hydrogen (secondary N) is 2. The van der Waals surface area contributed by atoms with E-state index in [-0.39, 0.29) is 5.82 Å². The lowest BCUT2D eigenvalue weighted by Crippen LogP contribution is -2.19. The molecule has 2 N–H and O–H groups in total. The predicted molar refractivity (Wildman–Crippen MR) is 65.8 cm³/mol. The van der Waals surface area contributed by atoms with E-state index in [9.17, 15) is 28.5 Å². The largest absolute Gasteiger partial charge is 0.305 e. The fraction of sp³-hybridized carbons (Fsp3) is 0. The van der Waals surface area contributed by atoms with E-state index in [0.29, 0.717) is 12.1 Å². The van der Waals surface area contributed by atoms with Gasteiger partial charge < -0.3 is 5.32 Å². The van der Waals surface area contributed by atoms with Gasteiger partial charge in [-0.1, -0.05) is 0 Å². The van der Waals surface area contributed by atoms with E-state index in [4.69, 9.17) is 0 Å². The number of aromatic amines is 1. The Morgan fingerprint density at radius 3 is 2.57 bits per heavy atom. The second kappa shape index (κ2) is 5.45. The molecule has 2 aromatic rings. The summed E-state index contributed by atoms with van der Waals surface area (Å²) in [5.74, 6) is -4.31. The average Bonchev–Trinajstić information content (AvgIpc) is 2.41. The van der Waals surface area contributed by atoms with Gasteiger partial charge in [0.25, 0.3) is 11.5 Å². The summed E-state index contributed by atoms with van der Waals surface area (Å²) in [5.41, 5.74) is -2.69. The Bertz CT molecular complexity index is 770. The summed E-state index contributed by atoms with van der Waals surface area (Å²) in [5, 5.41) is 18.0. The van der Waals surface area contributed by atoms with Gasteiger partial charge in [-0.3, -0.25) is 19.7 Å². The quantitative estimate of drug-likeness (QED) is 0.652. The van der Waals surface area contributed by atoms with Gasteiger partial charge in [0, 0.05) is 12.1 Å². The van der Waals surface area contributed by atoms with Crippen molar-refractivity contribution in [2.75, 3.05) is 5.32 Å². The molecule has 0 aliphatic carbocycles. The minimum Gasteiger partial charge on any atom is -0.305 e. The van der Waals surface area contributed by atoms with Crippen LogP contribution in [0.3, 0.4) is 0 Å². The van der Waals surface area contributed by atoms with Crippen molar-refractivity contribution in [2.45, 2.75) is 0 Å². The molecule has 0 fully saturated rings. The van der Waals surface area contributed by atoms with Crippen LogP contribution in [0.5, 0.6) is 0 Å². The van der Waals surface area contributed by atoms with E-state index in [2.05, 4.69) is 5.10 Å². The maximum atomic E-state index is 13.8. The molecule has 0 aliphatic heterocycles. The summed E-state index contributed by atoms with van der Waals surface area (Å²) >= 11 is 0. The summed E-state index contributed by atoms with van der Waals surface area (Å²) in [6, 6.07) is 3.35. The molecular weight excluding hydrogens is 290 g/mol. The highest BCUT2D eigenvalue weighted by atomic mass is 19.1. The highest BCUT2D eigenvalue weighted by molar-refractivity contribution is 6.04. The van der Waals surface area contributed by atoms with Gasteiger partial charge in [-0.05, 0) is 12.1 Å². The third-order valence-electron chi connectivity index (χ3n) is 2.42. The molecule has 10 heteroatoms. The second-order valence-corrected chi connectivity index (χ2v) is 3.77. The fourth-order valence-corrected chi connectivity index (χ4v) is 1.48. The maximum Gasteiger partial charge on any atom is 0.305 e. The Morgan fingerprint density at radius 1 is 1.29 bits per heavy atom. The molecule has 0 bridgehead atoms. The van der Waals surface area contributed by atoms with Crippen molar-refractivity contribution >= 4 is 17.4 Å². The molecule has 0 aliphatic rings. The monoisotopic (exact) mass is 296 g/mol. The minimum absolute atomic E-state index is 0.176. The van der Waals surface area contributed by atoms with Crippen LogP contribution in [0.2, 0.25) is 0 Å². The number of nitrogens with zero attached hydrogens (tertiary/aromatic N) is 2. The topological polar surface area (TPSA) is 118 Å². The van der Waals surface area contributed by atoms with Gasteiger partial charge in [-0.2, -0.15) is 9.49 Å². The second-order valence-electron chi connectivity index (χ2n) is 3.77. The SMILES string of the molecule is O=C(Nc1ccc(=O)[nH]n1)c1c(F)ccc([N+](=O)[O-])c1F. The van der Waals surface area contributed by atoms with Gasteiger partial charge >= 0.3 is 5.69 Å². The van der Waals surface area contributed by atoms with Crippen LogP contribution in [0, 0.1) is 21.7 Å². The van der Waals surface area contributed by atoms with Crippen LogP contribution in [0.25, 0.3) is 0 Å². The van der Waals surface area contributed by atoms with Gasteiger partial charge in [0.15, 0.2) is 5.82 Å². The first kappa shape index (κ1) is 14.2. The number of halogens is 2. The molecule has 21 heavy (non-hydrogen) atoms. The van der Waals surface area contributed by atoms with Crippen LogP contribution in [0.4, 0.5) is 20.3 Å². The van der Waals surface area contributed by atoms with Crippen molar-refractivity contribution in [3.05, 3.63) is 61.9 Å². The van der Waals surface area contributed by atoms with Crippen molar-refractivity contribution in [1.29, 1.82) is 0 Å². The highest BCUT2D eigenvalue weighted by Crippen LogP contribution is 2.23. The summed E-state index contributed by atoms with van der Waals surface area (Å²) in [6.45, 7) is 0. The van der Waals surface area contributed by atoms with Crippen molar-refractivity contribution in [1.82, 2.24) is 10.2 Å². The smallest absolute Gasteiger partial charge is 0.305 e. The van der Waals surface area contributed by atoms with E-state index in [0.717, 1.165) is 12.1 Å². The molecular formula is C11H6F2N4O4. The fourth-order valence-electron chi connectivity index (χ4n) is 1.48. The van der Waals surface area contributed by atoms with E-state index in [1.807, 2.05) is 10.4 Å². The van der Waals surface area contributed by atoms with Crippen LogP contribution in [-0.4, -0.2) is 21.0 Å². The molecule has 0 saturated carbocycles. The van der Waals surface area contributed by atoms with Gasteiger partial charge in [-0.15, -0.1) is 0 Å². The number of hydrogen-bond donors (Lipinski definition) is 2. The summed E-state index contributed by atoms with van der Waals surface area (Å²) in [7, 11) is 0. The Morgan fingerprint density at radius 2 is 2.00 bits per heavy atom. The number of aromatic nitrogens is 2. The number of rotatable bonds is 3. The number of carbonyl (C=O) groups excluding carboxylic acids is 1. The molecule has 2 rings (SSSR count). The standard InChI is InChI=1S/C11H6F2N4O4/c12-5-1-2-6(17(20)21)10(13)9(5)11(19)14-7-3-4-8(18)16-15-7/h1-4H,(H,16,18)(H,14,15,19). The molecule has 0 unspecified atom stereocenters.